The minimum absolute atomic E-state index is 0.255. The number of carbonyl (C=O) groups excluding carboxylic acids is 1. The first-order valence-electron chi connectivity index (χ1n) is 10.7. The fourth-order valence-electron chi connectivity index (χ4n) is 4.67. The van der Waals surface area contributed by atoms with E-state index in [0.717, 1.165) is 47.6 Å². The van der Waals surface area contributed by atoms with E-state index in [0.29, 0.717) is 37.5 Å². The Kier molecular flexibility index (Phi) is 5.12. The van der Waals surface area contributed by atoms with Gasteiger partial charge >= 0.3 is 0 Å². The van der Waals surface area contributed by atoms with Crippen LogP contribution in [-0.4, -0.2) is 50.3 Å². The summed E-state index contributed by atoms with van der Waals surface area (Å²) in [6, 6.07) is 1.96. The fourth-order valence-corrected chi connectivity index (χ4v) is 4.67. The van der Waals surface area contributed by atoms with Crippen LogP contribution in [0.3, 0.4) is 0 Å². The van der Waals surface area contributed by atoms with Gasteiger partial charge in [0.25, 0.3) is 5.91 Å². The third kappa shape index (κ3) is 3.54. The number of hydrogen-bond acceptors (Lipinski definition) is 7. The van der Waals surface area contributed by atoms with Crippen LogP contribution < -0.4 is 10.2 Å². The minimum atomic E-state index is -0.351. The van der Waals surface area contributed by atoms with Gasteiger partial charge in [-0.25, -0.2) is 9.97 Å². The number of carbonyl (C=O) groups is 1. The molecule has 1 aliphatic heterocycles. The van der Waals surface area contributed by atoms with Crippen molar-refractivity contribution in [3.05, 3.63) is 35.6 Å². The van der Waals surface area contributed by atoms with Gasteiger partial charge in [-0.1, -0.05) is 18.0 Å². The van der Waals surface area contributed by atoms with E-state index >= 15 is 0 Å². The number of aromatic amines is 1. The number of amides is 1. The summed E-state index contributed by atoms with van der Waals surface area (Å²) in [5.41, 5.74) is 1.91. The topological polar surface area (TPSA) is 120 Å². The molecule has 3 aromatic heterocycles. The van der Waals surface area contributed by atoms with Crippen LogP contribution in [0.15, 0.2) is 23.1 Å². The average molecular weight is 410 g/mol. The molecule has 5 rings (SSSR count). The molecular weight excluding hydrogens is 384 g/mol. The third-order valence-electron chi connectivity index (χ3n) is 6.34. The van der Waals surface area contributed by atoms with Crippen LogP contribution in [0.2, 0.25) is 0 Å². The number of nitrogens with zero attached hydrogens (tertiary/aromatic N) is 4. The molecule has 0 bridgehead atoms. The van der Waals surface area contributed by atoms with Crippen molar-refractivity contribution in [2.45, 2.75) is 51.2 Å². The van der Waals surface area contributed by atoms with Gasteiger partial charge in [-0.15, -0.1) is 0 Å². The SMILES string of the molecule is O=C(NCCC(O)C1CCCC1)c1noc2c1CN(c1ncnc3[nH]ccc13)CC2. The molecule has 3 N–H and O–H groups in total. The summed E-state index contributed by atoms with van der Waals surface area (Å²) in [5, 5.41) is 18.2. The monoisotopic (exact) mass is 410 g/mol. The highest BCUT2D eigenvalue weighted by atomic mass is 16.5. The predicted octanol–water partition coefficient (Wildman–Crippen LogP) is 2.18. The molecule has 4 heterocycles. The Morgan fingerprint density at radius 3 is 3.10 bits per heavy atom. The third-order valence-corrected chi connectivity index (χ3v) is 6.34. The van der Waals surface area contributed by atoms with Gasteiger partial charge < -0.3 is 24.8 Å². The Morgan fingerprint density at radius 2 is 2.23 bits per heavy atom. The summed E-state index contributed by atoms with van der Waals surface area (Å²) < 4.78 is 5.45. The van der Waals surface area contributed by atoms with Crippen molar-refractivity contribution in [3.8, 4) is 0 Å². The van der Waals surface area contributed by atoms with E-state index in [1.807, 2.05) is 12.3 Å². The van der Waals surface area contributed by atoms with E-state index in [2.05, 4.69) is 30.3 Å². The van der Waals surface area contributed by atoms with Crippen LogP contribution in [-0.2, 0) is 13.0 Å². The fraction of sp³-hybridized carbons (Fsp3) is 0.524. The molecule has 0 aromatic carbocycles. The number of aliphatic hydroxyl groups excluding tert-OH is 1. The number of anilines is 1. The van der Waals surface area contributed by atoms with E-state index in [9.17, 15) is 9.90 Å². The zero-order valence-electron chi connectivity index (χ0n) is 16.8. The molecule has 0 saturated heterocycles. The lowest BCUT2D eigenvalue weighted by Gasteiger charge is -2.27. The number of aromatic nitrogens is 4. The first-order valence-corrected chi connectivity index (χ1v) is 10.7. The number of nitrogens with one attached hydrogen (secondary N) is 2. The Hall–Kier alpha value is -2.94. The summed E-state index contributed by atoms with van der Waals surface area (Å²) in [4.78, 5) is 26.7. The second-order valence-electron chi connectivity index (χ2n) is 8.20. The van der Waals surface area contributed by atoms with Crippen molar-refractivity contribution >= 4 is 22.8 Å². The highest BCUT2D eigenvalue weighted by Crippen LogP contribution is 2.30. The van der Waals surface area contributed by atoms with E-state index < -0.39 is 0 Å². The zero-order chi connectivity index (χ0) is 20.5. The van der Waals surface area contributed by atoms with Crippen LogP contribution in [0.1, 0.15) is 53.9 Å². The molecule has 1 atom stereocenters. The Labute approximate surface area is 173 Å². The molecule has 3 aromatic rings. The molecule has 1 fully saturated rings. The van der Waals surface area contributed by atoms with E-state index in [4.69, 9.17) is 4.52 Å². The van der Waals surface area contributed by atoms with Gasteiger partial charge in [0.1, 0.15) is 23.6 Å². The Morgan fingerprint density at radius 1 is 1.37 bits per heavy atom. The number of hydrogen-bond donors (Lipinski definition) is 3. The van der Waals surface area contributed by atoms with Crippen LogP contribution in [0.4, 0.5) is 5.82 Å². The molecule has 1 aliphatic carbocycles. The predicted molar refractivity (Wildman–Crippen MR) is 110 cm³/mol. The molecule has 1 unspecified atom stereocenters. The van der Waals surface area contributed by atoms with Crippen molar-refractivity contribution in [1.29, 1.82) is 0 Å². The second-order valence-corrected chi connectivity index (χ2v) is 8.20. The normalized spacial score (nSPS) is 18.0. The largest absolute Gasteiger partial charge is 0.393 e. The van der Waals surface area contributed by atoms with Gasteiger partial charge in [-0.3, -0.25) is 4.79 Å². The Bertz CT molecular complexity index is 1040. The van der Waals surface area contributed by atoms with Crippen LogP contribution in [0.25, 0.3) is 11.0 Å². The molecule has 0 radical (unpaired) electrons. The summed E-state index contributed by atoms with van der Waals surface area (Å²) in [6.07, 6.45) is 8.81. The molecule has 30 heavy (non-hydrogen) atoms. The Balaban J connectivity index is 1.26. The quantitative estimate of drug-likeness (QED) is 0.570. The molecule has 9 nitrogen and oxygen atoms in total. The number of fused-ring (bicyclic) bond motifs is 2. The van der Waals surface area contributed by atoms with Crippen molar-refractivity contribution in [2.24, 2.45) is 5.92 Å². The summed E-state index contributed by atoms with van der Waals surface area (Å²) in [7, 11) is 0. The van der Waals surface area contributed by atoms with E-state index in [1.54, 1.807) is 6.33 Å². The van der Waals surface area contributed by atoms with Gasteiger partial charge in [-0.05, 0) is 31.2 Å². The maximum absolute atomic E-state index is 12.7. The van der Waals surface area contributed by atoms with Gasteiger partial charge in [0.05, 0.1) is 18.0 Å². The second kappa shape index (κ2) is 8.06. The molecule has 9 heteroatoms. The molecule has 158 valence electrons. The number of rotatable bonds is 6. The summed E-state index contributed by atoms with van der Waals surface area (Å²) in [5.74, 6) is 1.70. The van der Waals surface area contributed by atoms with Gasteiger partial charge in [-0.2, -0.15) is 0 Å². The maximum atomic E-state index is 12.7. The maximum Gasteiger partial charge on any atom is 0.273 e. The molecule has 1 saturated carbocycles. The molecule has 0 spiro atoms. The summed E-state index contributed by atoms with van der Waals surface area (Å²) in [6.45, 7) is 1.66. The van der Waals surface area contributed by atoms with Crippen LogP contribution in [0, 0.1) is 5.92 Å². The smallest absolute Gasteiger partial charge is 0.273 e. The minimum Gasteiger partial charge on any atom is -0.393 e. The number of aliphatic hydroxyl groups is 1. The van der Waals surface area contributed by atoms with Gasteiger partial charge in [0.2, 0.25) is 0 Å². The highest BCUT2D eigenvalue weighted by Gasteiger charge is 2.29. The first kappa shape index (κ1) is 19.0. The van der Waals surface area contributed by atoms with Crippen LogP contribution in [0.5, 0.6) is 0 Å². The van der Waals surface area contributed by atoms with E-state index in [-0.39, 0.29) is 12.0 Å². The van der Waals surface area contributed by atoms with E-state index in [1.165, 1.54) is 12.8 Å². The van der Waals surface area contributed by atoms with Gasteiger partial charge in [0.15, 0.2) is 5.69 Å². The molecular formula is C21H26N6O3. The van der Waals surface area contributed by atoms with Crippen LogP contribution >= 0.6 is 0 Å². The highest BCUT2D eigenvalue weighted by molar-refractivity contribution is 5.94. The lowest BCUT2D eigenvalue weighted by Crippen LogP contribution is -2.34. The number of H-pyrrole nitrogens is 1. The average Bonchev–Trinajstić information content (AvgIpc) is 3.53. The van der Waals surface area contributed by atoms with Crippen molar-refractivity contribution in [2.75, 3.05) is 18.0 Å². The lowest BCUT2D eigenvalue weighted by molar-refractivity contribution is 0.0886. The van der Waals surface area contributed by atoms with Gasteiger partial charge in [0, 0.05) is 31.3 Å². The molecule has 2 aliphatic rings. The lowest BCUT2D eigenvalue weighted by atomic mass is 9.98. The molecule has 1 amide bonds. The summed E-state index contributed by atoms with van der Waals surface area (Å²) >= 11 is 0. The van der Waals surface area contributed by atoms with Crippen molar-refractivity contribution in [1.82, 2.24) is 25.4 Å². The standard InChI is InChI=1S/C21H26N6O3/c28-16(13-3-1-2-4-13)6-9-23-21(29)18-15-11-27(10-7-17(15)30-26-18)20-14-5-8-22-19(14)24-12-25-20/h5,8,12-13,16,28H,1-4,6-7,9-11H2,(H,23,29)(H,22,24,25). The first-order chi connectivity index (χ1) is 14.7. The zero-order valence-corrected chi connectivity index (χ0v) is 16.8. The van der Waals surface area contributed by atoms with Crippen molar-refractivity contribution < 1.29 is 14.4 Å². The van der Waals surface area contributed by atoms with Crippen molar-refractivity contribution in [3.63, 3.8) is 0 Å².